The second-order valence-corrected chi connectivity index (χ2v) is 9.77. The van der Waals surface area contributed by atoms with E-state index in [1.807, 2.05) is 17.3 Å². The fourth-order valence-electron chi connectivity index (χ4n) is 3.96. The van der Waals surface area contributed by atoms with Crippen LogP contribution in [0.5, 0.6) is 5.75 Å². The fraction of sp³-hybridized carbons (Fsp3) is 0.417. The molecule has 1 aromatic carbocycles. The van der Waals surface area contributed by atoms with Crippen molar-refractivity contribution >= 4 is 23.7 Å². The summed E-state index contributed by atoms with van der Waals surface area (Å²) >= 11 is 1.16. The van der Waals surface area contributed by atoms with Crippen LogP contribution in [0.1, 0.15) is 40.9 Å². The Labute approximate surface area is 216 Å². The van der Waals surface area contributed by atoms with Crippen molar-refractivity contribution in [1.29, 1.82) is 0 Å². The number of aliphatic hydroxyl groups is 1. The Kier molecular flexibility index (Phi) is 8.35. The first-order valence-corrected chi connectivity index (χ1v) is 12.6. The zero-order valence-electron chi connectivity index (χ0n) is 20.3. The highest BCUT2D eigenvalue weighted by atomic mass is 32.2. The normalized spacial score (nSPS) is 14.8. The van der Waals surface area contributed by atoms with Crippen molar-refractivity contribution in [1.82, 2.24) is 24.1 Å². The molecule has 1 atom stereocenters. The molecule has 1 unspecified atom stereocenters. The van der Waals surface area contributed by atoms with Gasteiger partial charge >= 0.3 is 6.18 Å². The molecule has 3 heterocycles. The standard InChI is InChI=1S/C24H27F3N6O3S/c1-15(13-34)33-14-28-31-22(33)19-4-3-5-21(29-19)30-23(35)18-10-17-12-32(37-9-7-24(25,26)27)8-6-16(17)11-20(18)36-2/h3-5,10-11,14-15,34H,6-9,12-13H2,1-2H3,(H,29,30,35). The molecule has 3 aromatic rings. The first-order chi connectivity index (χ1) is 17.7. The molecule has 198 valence electrons. The lowest BCUT2D eigenvalue weighted by atomic mass is 9.97. The van der Waals surface area contributed by atoms with E-state index in [2.05, 4.69) is 20.5 Å². The van der Waals surface area contributed by atoms with E-state index in [0.29, 0.717) is 42.3 Å². The van der Waals surface area contributed by atoms with E-state index in [1.54, 1.807) is 28.8 Å². The number of pyridine rings is 1. The van der Waals surface area contributed by atoms with Crippen molar-refractivity contribution in [3.8, 4) is 17.3 Å². The van der Waals surface area contributed by atoms with Crippen LogP contribution in [0.3, 0.4) is 0 Å². The number of aliphatic hydroxyl groups excluding tert-OH is 1. The van der Waals surface area contributed by atoms with Gasteiger partial charge in [-0.3, -0.25) is 4.79 Å². The maximum atomic E-state index is 13.2. The van der Waals surface area contributed by atoms with Crippen LogP contribution in [-0.4, -0.2) is 67.3 Å². The molecule has 2 aromatic heterocycles. The molecular weight excluding hydrogens is 509 g/mol. The van der Waals surface area contributed by atoms with Gasteiger partial charge < -0.3 is 19.7 Å². The number of carbonyl (C=O) groups excluding carboxylic acids is 1. The summed E-state index contributed by atoms with van der Waals surface area (Å²) < 4.78 is 46.6. The lowest BCUT2D eigenvalue weighted by Crippen LogP contribution is -2.26. The molecule has 0 saturated carbocycles. The van der Waals surface area contributed by atoms with Gasteiger partial charge in [0.1, 0.15) is 23.6 Å². The van der Waals surface area contributed by atoms with Crippen LogP contribution < -0.4 is 10.1 Å². The smallest absolute Gasteiger partial charge is 0.389 e. The third-order valence-corrected chi connectivity index (χ3v) is 7.00. The number of anilines is 1. The highest BCUT2D eigenvalue weighted by molar-refractivity contribution is 7.96. The van der Waals surface area contributed by atoms with Crippen LogP contribution in [0, 0.1) is 0 Å². The SMILES string of the molecule is COc1cc2c(cc1C(=O)Nc1cccc(-c3nncn3C(C)CO)n1)CN(SCCC(F)(F)F)CC2. The lowest BCUT2D eigenvalue weighted by Gasteiger charge is -2.28. The largest absolute Gasteiger partial charge is 0.496 e. The first kappa shape index (κ1) is 26.9. The molecule has 0 aliphatic carbocycles. The molecule has 37 heavy (non-hydrogen) atoms. The Morgan fingerprint density at radius 2 is 2.11 bits per heavy atom. The summed E-state index contributed by atoms with van der Waals surface area (Å²) in [6.45, 7) is 2.75. The Bertz CT molecular complexity index is 1250. The van der Waals surface area contributed by atoms with Crippen molar-refractivity contribution in [3.05, 3.63) is 53.3 Å². The minimum Gasteiger partial charge on any atom is -0.496 e. The molecule has 0 bridgehead atoms. The third kappa shape index (κ3) is 6.59. The number of amides is 1. The lowest BCUT2D eigenvalue weighted by molar-refractivity contribution is -0.129. The van der Waals surface area contributed by atoms with Crippen LogP contribution in [0.4, 0.5) is 19.0 Å². The summed E-state index contributed by atoms with van der Waals surface area (Å²) in [7, 11) is 1.48. The number of hydrogen-bond donors (Lipinski definition) is 2. The summed E-state index contributed by atoms with van der Waals surface area (Å²) in [5.74, 6) is 0.665. The molecule has 0 spiro atoms. The number of hydrogen-bond acceptors (Lipinski definition) is 8. The number of halogens is 3. The van der Waals surface area contributed by atoms with E-state index in [9.17, 15) is 23.1 Å². The highest BCUT2D eigenvalue weighted by Crippen LogP contribution is 2.32. The Morgan fingerprint density at radius 3 is 2.84 bits per heavy atom. The number of fused-ring (bicyclic) bond motifs is 1. The summed E-state index contributed by atoms with van der Waals surface area (Å²) in [6, 6.07) is 8.37. The summed E-state index contributed by atoms with van der Waals surface area (Å²) in [6.07, 6.45) is -2.88. The van der Waals surface area contributed by atoms with Gasteiger partial charge in [-0.25, -0.2) is 9.29 Å². The Morgan fingerprint density at radius 1 is 1.30 bits per heavy atom. The molecule has 9 nitrogen and oxygen atoms in total. The quantitative estimate of drug-likeness (QED) is 0.394. The summed E-state index contributed by atoms with van der Waals surface area (Å²) in [4.78, 5) is 17.7. The van der Waals surface area contributed by atoms with Gasteiger partial charge in [-0.15, -0.1) is 10.2 Å². The summed E-state index contributed by atoms with van der Waals surface area (Å²) in [5, 5.41) is 20.3. The maximum absolute atomic E-state index is 13.2. The number of nitrogens with zero attached hydrogens (tertiary/aromatic N) is 5. The van der Waals surface area contributed by atoms with E-state index in [1.165, 1.54) is 13.4 Å². The zero-order chi connectivity index (χ0) is 26.6. The van der Waals surface area contributed by atoms with E-state index in [4.69, 9.17) is 4.74 Å². The zero-order valence-corrected chi connectivity index (χ0v) is 21.1. The number of methoxy groups -OCH3 is 1. The van der Waals surface area contributed by atoms with Gasteiger partial charge in [0, 0.05) is 18.8 Å². The monoisotopic (exact) mass is 536 g/mol. The van der Waals surface area contributed by atoms with Gasteiger partial charge in [0.25, 0.3) is 5.91 Å². The minimum atomic E-state index is -4.18. The third-order valence-electron chi connectivity index (χ3n) is 5.93. The average molecular weight is 537 g/mol. The average Bonchev–Trinajstić information content (AvgIpc) is 3.37. The second kappa shape index (κ2) is 11.5. The van der Waals surface area contributed by atoms with E-state index < -0.39 is 18.5 Å². The molecule has 0 saturated heterocycles. The van der Waals surface area contributed by atoms with Crippen molar-refractivity contribution in [2.24, 2.45) is 0 Å². The predicted molar refractivity (Wildman–Crippen MR) is 133 cm³/mol. The van der Waals surface area contributed by atoms with Gasteiger partial charge in [-0.2, -0.15) is 13.2 Å². The summed E-state index contributed by atoms with van der Waals surface area (Å²) in [5.41, 5.74) is 2.63. The van der Waals surface area contributed by atoms with Crippen LogP contribution in [0.25, 0.3) is 11.5 Å². The number of ether oxygens (including phenoxy) is 1. The molecule has 1 amide bonds. The van der Waals surface area contributed by atoms with Gasteiger partial charge in [-0.05, 0) is 48.7 Å². The number of nitrogens with one attached hydrogen (secondary N) is 1. The van der Waals surface area contributed by atoms with Gasteiger partial charge in [0.15, 0.2) is 5.82 Å². The molecule has 1 aliphatic heterocycles. The van der Waals surface area contributed by atoms with Crippen molar-refractivity contribution in [2.45, 2.75) is 38.5 Å². The van der Waals surface area contributed by atoms with E-state index >= 15 is 0 Å². The number of carbonyl (C=O) groups is 1. The van der Waals surface area contributed by atoms with Crippen molar-refractivity contribution in [3.63, 3.8) is 0 Å². The molecule has 4 rings (SSSR count). The van der Waals surface area contributed by atoms with Crippen molar-refractivity contribution in [2.75, 3.05) is 31.3 Å². The van der Waals surface area contributed by atoms with Crippen LogP contribution in [0.15, 0.2) is 36.7 Å². The highest BCUT2D eigenvalue weighted by Gasteiger charge is 2.28. The van der Waals surface area contributed by atoms with Gasteiger partial charge in [0.05, 0.1) is 31.7 Å². The van der Waals surface area contributed by atoms with Gasteiger partial charge in [-0.1, -0.05) is 18.0 Å². The molecule has 13 heteroatoms. The molecule has 1 aliphatic rings. The van der Waals surface area contributed by atoms with Crippen LogP contribution in [-0.2, 0) is 13.0 Å². The molecule has 0 radical (unpaired) electrons. The molecule has 2 N–H and O–H groups in total. The second-order valence-electron chi connectivity index (χ2n) is 8.59. The number of alkyl halides is 3. The maximum Gasteiger partial charge on any atom is 0.389 e. The minimum absolute atomic E-state index is 0.0464. The van der Waals surface area contributed by atoms with E-state index in [0.717, 1.165) is 23.1 Å². The Hall–Kier alpha value is -3.16. The van der Waals surface area contributed by atoms with Crippen LogP contribution >= 0.6 is 11.9 Å². The topological polar surface area (TPSA) is 105 Å². The molecular formula is C24H27F3N6O3S. The molecule has 0 fully saturated rings. The number of rotatable bonds is 9. The fourth-order valence-corrected chi connectivity index (χ4v) is 4.99. The van der Waals surface area contributed by atoms with Crippen molar-refractivity contribution < 1.29 is 27.8 Å². The predicted octanol–water partition coefficient (Wildman–Crippen LogP) is 4.11. The number of benzene rings is 1. The van der Waals surface area contributed by atoms with Crippen LogP contribution in [0.2, 0.25) is 0 Å². The van der Waals surface area contributed by atoms with Gasteiger partial charge in [0.2, 0.25) is 0 Å². The number of aromatic nitrogens is 4. The first-order valence-electron chi connectivity index (χ1n) is 11.6. The Balaban J connectivity index is 1.51. The van der Waals surface area contributed by atoms with E-state index in [-0.39, 0.29) is 24.2 Å².